The number of aliphatic imine (C=N–C) groups is 1. The number of hydrogen-bond donors (Lipinski definition) is 2. The molecule has 0 aliphatic heterocycles. The van der Waals surface area contributed by atoms with Gasteiger partial charge in [-0.2, -0.15) is 13.2 Å². The highest BCUT2D eigenvalue weighted by Gasteiger charge is 2.33. The molecule has 2 N–H and O–H groups in total. The average molecular weight is 384 g/mol. The van der Waals surface area contributed by atoms with Gasteiger partial charge in [0.15, 0.2) is 11.7 Å². The topological polar surface area (TPSA) is 49.3 Å². The normalized spacial score (nSPS) is 13.0. The van der Waals surface area contributed by atoms with E-state index in [0.29, 0.717) is 17.5 Å². The van der Waals surface area contributed by atoms with Crippen molar-refractivity contribution >= 4 is 17.3 Å². The lowest BCUT2D eigenvalue weighted by molar-refractivity contribution is -0.140. The van der Waals surface area contributed by atoms with Crippen LogP contribution < -0.4 is 10.6 Å². The molecule has 0 unspecified atom stereocenters. The number of alkyl halides is 3. The molecule has 0 aliphatic rings. The van der Waals surface area contributed by atoms with E-state index in [1.807, 2.05) is 6.92 Å². The molecule has 0 saturated carbocycles. The van der Waals surface area contributed by atoms with Crippen LogP contribution in [0, 0.1) is 6.92 Å². The molecule has 2 rings (SSSR count). The van der Waals surface area contributed by atoms with Crippen LogP contribution in [0.25, 0.3) is 0 Å². The summed E-state index contributed by atoms with van der Waals surface area (Å²) in [4.78, 5) is 7.72. The Kier molecular flexibility index (Phi) is 6.28. The third kappa shape index (κ3) is 5.45. The molecule has 8 heteroatoms. The van der Waals surface area contributed by atoms with Gasteiger partial charge in [-0.1, -0.05) is 43.7 Å². The van der Waals surface area contributed by atoms with Crippen molar-refractivity contribution in [2.24, 2.45) is 4.99 Å². The summed E-state index contributed by atoms with van der Waals surface area (Å²) in [5.41, 5.74) is 1.41. The van der Waals surface area contributed by atoms with Crippen molar-refractivity contribution in [3.63, 3.8) is 0 Å². The second-order valence-electron chi connectivity index (χ2n) is 6.65. The Balaban J connectivity index is 1.91. The number of rotatable bonds is 5. The van der Waals surface area contributed by atoms with Crippen LogP contribution in [0.1, 0.15) is 35.7 Å². The zero-order valence-electron chi connectivity index (χ0n) is 15.2. The molecule has 0 aliphatic carbocycles. The minimum Gasteiger partial charge on any atom is -0.356 e. The molecule has 26 heavy (non-hydrogen) atoms. The Morgan fingerprint density at radius 3 is 2.35 bits per heavy atom. The molecule has 1 aromatic heterocycles. The molecule has 0 fully saturated rings. The second-order valence-corrected chi connectivity index (χ2v) is 7.60. The predicted octanol–water partition coefficient (Wildman–Crippen LogP) is 4.11. The molecule has 0 radical (unpaired) electrons. The summed E-state index contributed by atoms with van der Waals surface area (Å²) < 4.78 is 37.8. The Morgan fingerprint density at radius 2 is 1.81 bits per heavy atom. The van der Waals surface area contributed by atoms with Gasteiger partial charge in [-0.05, 0) is 12.5 Å². The van der Waals surface area contributed by atoms with Crippen LogP contribution in [0.3, 0.4) is 0 Å². The van der Waals surface area contributed by atoms with E-state index in [-0.39, 0.29) is 12.0 Å². The standard InChI is InChI=1S/C18H23F3N4S/c1-12-5-7-13(8-6-12)17(2,3)11-24-16(22-4)23-9-15-25-14(10-26-15)18(19,20)21/h5-8,10H,9,11H2,1-4H3,(H2,22,23,24). The second kappa shape index (κ2) is 8.07. The minimum atomic E-state index is -4.41. The number of halogens is 3. The van der Waals surface area contributed by atoms with E-state index < -0.39 is 11.9 Å². The first-order valence-corrected chi connectivity index (χ1v) is 9.03. The van der Waals surface area contributed by atoms with Crippen molar-refractivity contribution in [3.05, 3.63) is 51.5 Å². The zero-order chi connectivity index (χ0) is 19.4. The molecule has 0 spiro atoms. The molecule has 1 aromatic carbocycles. The first-order valence-electron chi connectivity index (χ1n) is 8.15. The summed E-state index contributed by atoms with van der Waals surface area (Å²) in [6, 6.07) is 8.35. The minimum absolute atomic E-state index is 0.129. The summed E-state index contributed by atoms with van der Waals surface area (Å²) in [5.74, 6) is 0.522. The number of thiazole rings is 1. The smallest absolute Gasteiger partial charge is 0.356 e. The Morgan fingerprint density at radius 1 is 1.15 bits per heavy atom. The van der Waals surface area contributed by atoms with Crippen LogP contribution in [0.2, 0.25) is 0 Å². The summed E-state index contributed by atoms with van der Waals surface area (Å²) in [6.45, 7) is 7.10. The fraction of sp³-hybridized carbons (Fsp3) is 0.444. The number of aryl methyl sites for hydroxylation is 1. The van der Waals surface area contributed by atoms with E-state index in [9.17, 15) is 13.2 Å². The number of hydrogen-bond acceptors (Lipinski definition) is 3. The van der Waals surface area contributed by atoms with E-state index in [1.165, 1.54) is 11.1 Å². The Bertz CT molecular complexity index is 749. The van der Waals surface area contributed by atoms with Crippen LogP contribution in [0.15, 0.2) is 34.6 Å². The van der Waals surface area contributed by atoms with Gasteiger partial charge in [-0.15, -0.1) is 11.3 Å². The molecule has 0 amide bonds. The van der Waals surface area contributed by atoms with Gasteiger partial charge in [0.1, 0.15) is 5.01 Å². The summed E-state index contributed by atoms with van der Waals surface area (Å²) in [6.07, 6.45) is -4.41. The van der Waals surface area contributed by atoms with Crippen molar-refractivity contribution in [1.82, 2.24) is 15.6 Å². The summed E-state index contributed by atoms with van der Waals surface area (Å²) >= 11 is 0.974. The quantitative estimate of drug-likeness (QED) is 0.602. The molecule has 0 saturated heterocycles. The highest BCUT2D eigenvalue weighted by molar-refractivity contribution is 7.09. The first-order chi connectivity index (χ1) is 12.1. The van der Waals surface area contributed by atoms with Gasteiger partial charge in [0.2, 0.25) is 0 Å². The molecule has 4 nitrogen and oxygen atoms in total. The molecule has 0 atom stereocenters. The van der Waals surface area contributed by atoms with Crippen molar-refractivity contribution < 1.29 is 13.2 Å². The maximum atomic E-state index is 12.6. The monoisotopic (exact) mass is 384 g/mol. The van der Waals surface area contributed by atoms with Gasteiger partial charge in [-0.25, -0.2) is 4.98 Å². The molecule has 1 heterocycles. The highest BCUT2D eigenvalue weighted by Crippen LogP contribution is 2.30. The number of nitrogens with one attached hydrogen (secondary N) is 2. The van der Waals surface area contributed by atoms with Gasteiger partial charge < -0.3 is 10.6 Å². The van der Waals surface area contributed by atoms with Crippen molar-refractivity contribution in [1.29, 1.82) is 0 Å². The lowest BCUT2D eigenvalue weighted by Crippen LogP contribution is -2.43. The van der Waals surface area contributed by atoms with Crippen molar-refractivity contribution in [2.45, 2.75) is 38.9 Å². The third-order valence-electron chi connectivity index (χ3n) is 4.00. The van der Waals surface area contributed by atoms with Gasteiger partial charge in [-0.3, -0.25) is 4.99 Å². The number of guanidine groups is 1. The fourth-order valence-electron chi connectivity index (χ4n) is 2.31. The lowest BCUT2D eigenvalue weighted by atomic mass is 9.84. The molecule has 2 aromatic rings. The van der Waals surface area contributed by atoms with Gasteiger partial charge in [0.25, 0.3) is 0 Å². The largest absolute Gasteiger partial charge is 0.434 e. The molecule has 142 valence electrons. The van der Waals surface area contributed by atoms with Crippen LogP contribution in [0.5, 0.6) is 0 Å². The average Bonchev–Trinajstić information content (AvgIpc) is 3.04. The summed E-state index contributed by atoms with van der Waals surface area (Å²) in [7, 11) is 1.62. The van der Waals surface area contributed by atoms with Crippen molar-refractivity contribution in [3.8, 4) is 0 Å². The van der Waals surface area contributed by atoms with Gasteiger partial charge >= 0.3 is 6.18 Å². The number of nitrogens with zero attached hydrogens (tertiary/aromatic N) is 2. The number of aromatic nitrogens is 1. The first kappa shape index (κ1) is 20.2. The van der Waals surface area contributed by atoms with Crippen LogP contribution in [0.4, 0.5) is 13.2 Å². The maximum Gasteiger partial charge on any atom is 0.434 e. The molecule has 0 bridgehead atoms. The van der Waals surface area contributed by atoms with Gasteiger partial charge in [0, 0.05) is 24.4 Å². The molecular formula is C18H23F3N4S. The maximum absolute atomic E-state index is 12.6. The van der Waals surface area contributed by atoms with E-state index in [0.717, 1.165) is 16.7 Å². The van der Waals surface area contributed by atoms with Crippen LogP contribution in [-0.4, -0.2) is 24.5 Å². The van der Waals surface area contributed by atoms with Gasteiger partial charge in [0.05, 0.1) is 6.54 Å². The number of benzene rings is 1. The predicted molar refractivity (Wildman–Crippen MR) is 99.5 cm³/mol. The Hall–Kier alpha value is -2.09. The third-order valence-corrected chi connectivity index (χ3v) is 4.85. The molecular weight excluding hydrogens is 361 g/mol. The van der Waals surface area contributed by atoms with Crippen LogP contribution >= 0.6 is 11.3 Å². The zero-order valence-corrected chi connectivity index (χ0v) is 16.1. The van der Waals surface area contributed by atoms with E-state index in [2.05, 4.69) is 58.7 Å². The van der Waals surface area contributed by atoms with E-state index in [1.54, 1.807) is 7.05 Å². The highest BCUT2D eigenvalue weighted by atomic mass is 32.1. The van der Waals surface area contributed by atoms with Crippen molar-refractivity contribution in [2.75, 3.05) is 13.6 Å². The SMILES string of the molecule is CN=C(NCc1nc(C(F)(F)F)cs1)NCC(C)(C)c1ccc(C)cc1. The van der Waals surface area contributed by atoms with E-state index in [4.69, 9.17) is 0 Å². The van der Waals surface area contributed by atoms with E-state index >= 15 is 0 Å². The fourth-order valence-corrected chi connectivity index (χ4v) is 3.05. The Labute approximate surface area is 155 Å². The summed E-state index contributed by atoms with van der Waals surface area (Å²) in [5, 5.41) is 7.61. The lowest BCUT2D eigenvalue weighted by Gasteiger charge is -2.27. The van der Waals surface area contributed by atoms with Crippen LogP contribution in [-0.2, 0) is 18.1 Å².